The average molecular weight is 963 g/mol. The van der Waals surface area contributed by atoms with Gasteiger partial charge in [0.1, 0.15) is 0 Å². The van der Waals surface area contributed by atoms with Crippen LogP contribution in [0.2, 0.25) is 0 Å². The molecule has 0 aliphatic rings. The highest BCUT2D eigenvalue weighted by molar-refractivity contribution is 7.27. The third-order valence-electron chi connectivity index (χ3n) is 16.1. The normalized spacial score (nSPS) is 12.2. The van der Waals surface area contributed by atoms with Crippen LogP contribution >= 0.6 is 22.7 Å². The number of rotatable bonds is 4. The van der Waals surface area contributed by atoms with Crippen molar-refractivity contribution in [1.29, 1.82) is 0 Å². The quantitative estimate of drug-likeness (QED) is 0.154. The molecule has 0 amide bonds. The fourth-order valence-corrected chi connectivity index (χ4v) is 16.1. The van der Waals surface area contributed by atoms with Crippen LogP contribution < -0.4 is 0 Å². The predicted molar refractivity (Wildman–Crippen MR) is 321 cm³/mol. The number of fused-ring (bicyclic) bond motifs is 10. The Morgan fingerprint density at radius 3 is 0.722 bits per heavy atom. The molecule has 72 heavy (non-hydrogen) atoms. The Hall–Kier alpha value is -7.10. The van der Waals surface area contributed by atoms with Gasteiger partial charge in [-0.2, -0.15) is 0 Å². The van der Waals surface area contributed by atoms with Crippen LogP contribution in [0, 0.1) is 83.1 Å². The maximum atomic E-state index is 2.61. The van der Waals surface area contributed by atoms with Gasteiger partial charge in [-0.15, -0.1) is 22.7 Å². The van der Waals surface area contributed by atoms with Gasteiger partial charge < -0.3 is 0 Å². The van der Waals surface area contributed by atoms with E-state index >= 15 is 0 Å². The molecule has 0 fully saturated rings. The van der Waals surface area contributed by atoms with E-state index in [0.29, 0.717) is 0 Å². The summed E-state index contributed by atoms with van der Waals surface area (Å²) in [6.07, 6.45) is 0. The zero-order chi connectivity index (χ0) is 49.8. The molecule has 0 radical (unpaired) electrons. The van der Waals surface area contributed by atoms with E-state index in [9.17, 15) is 0 Å². The molecule has 0 aliphatic heterocycles. The molecule has 0 aliphatic carbocycles. The second-order valence-corrected chi connectivity index (χ2v) is 23.7. The molecule has 11 aromatic carbocycles. The summed E-state index contributed by atoms with van der Waals surface area (Å²) >= 11 is 3.92. The summed E-state index contributed by atoms with van der Waals surface area (Å²) in [4.78, 5) is 0. The van der Waals surface area contributed by atoms with E-state index in [1.54, 1.807) is 0 Å². The van der Waals surface area contributed by atoms with Gasteiger partial charge in [0.2, 0.25) is 0 Å². The van der Waals surface area contributed by atoms with Gasteiger partial charge in [-0.25, -0.2) is 0 Å². The molecule has 2 heterocycles. The molecule has 2 heteroatoms. The fourth-order valence-electron chi connectivity index (χ4n) is 13.8. The van der Waals surface area contributed by atoms with Crippen molar-refractivity contribution in [2.75, 3.05) is 0 Å². The van der Waals surface area contributed by atoms with Crippen LogP contribution in [-0.4, -0.2) is 0 Å². The van der Waals surface area contributed by atoms with Crippen LogP contribution in [0.1, 0.15) is 66.8 Å². The minimum atomic E-state index is 1.30. The predicted octanol–water partition coefficient (Wildman–Crippen LogP) is 21.4. The lowest BCUT2D eigenvalue weighted by molar-refractivity contribution is 1.33. The maximum absolute atomic E-state index is 2.61. The molecule has 0 nitrogen and oxygen atoms in total. The minimum Gasteiger partial charge on any atom is -0.135 e. The van der Waals surface area contributed by atoms with E-state index < -0.39 is 0 Å². The van der Waals surface area contributed by atoms with E-state index in [1.165, 1.54) is 195 Å². The lowest BCUT2D eigenvalue weighted by Gasteiger charge is -2.20. The van der Waals surface area contributed by atoms with Crippen LogP contribution in [0.4, 0.5) is 0 Å². The highest BCUT2D eigenvalue weighted by Gasteiger charge is 2.25. The Bertz CT molecular complexity index is 4180. The molecular formula is C70H58S2. The van der Waals surface area contributed by atoms with E-state index in [4.69, 9.17) is 0 Å². The largest absolute Gasteiger partial charge is 0.135 e. The van der Waals surface area contributed by atoms with E-state index in [0.717, 1.165) is 0 Å². The van der Waals surface area contributed by atoms with Gasteiger partial charge in [-0.05, 0) is 252 Å². The maximum Gasteiger partial charge on any atom is 0.0369 e. The number of benzene rings is 9. The van der Waals surface area contributed by atoms with Gasteiger partial charge in [0, 0.05) is 40.3 Å². The summed E-state index contributed by atoms with van der Waals surface area (Å²) in [7, 11) is 0. The fraction of sp³-hybridized carbons (Fsp3) is 0.171. The number of hydrogen-bond acceptors (Lipinski definition) is 2. The van der Waals surface area contributed by atoms with Crippen molar-refractivity contribution in [1.82, 2.24) is 0 Å². The number of aryl methyl sites for hydroxylation is 12. The summed E-state index contributed by atoms with van der Waals surface area (Å²) < 4.78 is 5.26. The molecule has 0 atom stereocenters. The first-order valence-corrected chi connectivity index (χ1v) is 27.2. The SMILES string of the molecule is Cc1cc(C)c(-c2c3cc4c(-c5c(C)cc(C)cc5C)c5cc6c(cc5sc4cc3sc3cc4c(-c5c(C)cc(C)cc5C)c5ccccc5c4cc23)c(-c2c(C)cc(C)cc2C)c2ccccc26)c(C)c1. The molecule has 2 aromatic heterocycles. The van der Waals surface area contributed by atoms with Crippen LogP contribution in [0.3, 0.4) is 0 Å². The Balaban J connectivity index is 1.22. The molecule has 13 aromatic rings. The summed E-state index contributed by atoms with van der Waals surface area (Å²) in [5.74, 6) is 0. The van der Waals surface area contributed by atoms with Gasteiger partial charge in [0.15, 0.2) is 0 Å². The van der Waals surface area contributed by atoms with E-state index in [2.05, 4.69) is 217 Å². The first-order chi connectivity index (χ1) is 34.6. The highest BCUT2D eigenvalue weighted by Crippen LogP contribution is 2.53. The third kappa shape index (κ3) is 6.61. The van der Waals surface area contributed by atoms with Crippen LogP contribution in [-0.2, 0) is 0 Å². The van der Waals surface area contributed by atoms with Crippen LogP contribution in [0.5, 0.6) is 0 Å². The van der Waals surface area contributed by atoms with Crippen molar-refractivity contribution >= 4 is 106 Å². The summed E-state index contributed by atoms with van der Waals surface area (Å²) in [6, 6.07) is 52.6. The second-order valence-electron chi connectivity index (χ2n) is 21.5. The lowest BCUT2D eigenvalue weighted by Crippen LogP contribution is -1.95. The van der Waals surface area contributed by atoms with E-state index in [1.807, 2.05) is 22.7 Å². The summed E-state index contributed by atoms with van der Waals surface area (Å²) in [6.45, 7) is 27.4. The standard InChI is InChI=1S/C70H58S2/c1-35-21-39(5)63(40(6)22-35)67-49-19-15-13-17-47(49)51-29-55-59(32-53(51)67)71-61-34-62-58(31-57(61)69(55)65-43(9)25-37(3)26-44(65)10)70(66-45(11)27-38(4)28-46(66)12)56-30-52-48-18-14-16-20-50(48)68(54(52)33-60(56)72-62)64-41(7)23-36(2)24-42(64)8/h13-34H,1-12H3. The topological polar surface area (TPSA) is 0 Å². The molecule has 0 bridgehead atoms. The summed E-state index contributed by atoms with van der Waals surface area (Å²) in [5, 5.41) is 15.9. The van der Waals surface area contributed by atoms with Crippen LogP contribution in [0.25, 0.3) is 128 Å². The van der Waals surface area contributed by atoms with Crippen molar-refractivity contribution in [2.24, 2.45) is 0 Å². The van der Waals surface area contributed by atoms with Gasteiger partial charge in [-0.3, -0.25) is 0 Å². The minimum absolute atomic E-state index is 1.30. The Kier molecular flexibility index (Phi) is 10.1. The Labute approximate surface area is 431 Å². The molecule has 0 N–H and O–H groups in total. The molecule has 0 saturated carbocycles. The zero-order valence-electron chi connectivity index (χ0n) is 43.5. The number of hydrogen-bond donors (Lipinski definition) is 0. The molecule has 0 unspecified atom stereocenters. The van der Waals surface area contributed by atoms with Crippen molar-refractivity contribution in [3.8, 4) is 44.5 Å². The third-order valence-corrected chi connectivity index (χ3v) is 18.3. The monoisotopic (exact) mass is 962 g/mol. The van der Waals surface area contributed by atoms with E-state index in [-0.39, 0.29) is 0 Å². The van der Waals surface area contributed by atoms with Gasteiger partial charge in [0.25, 0.3) is 0 Å². The van der Waals surface area contributed by atoms with Crippen LogP contribution in [0.15, 0.2) is 133 Å². The summed E-state index contributed by atoms with van der Waals surface area (Å²) in [5.41, 5.74) is 26.6. The molecule has 350 valence electrons. The first kappa shape index (κ1) is 44.8. The Morgan fingerprint density at radius 2 is 0.431 bits per heavy atom. The van der Waals surface area contributed by atoms with Crippen molar-refractivity contribution in [2.45, 2.75) is 83.1 Å². The lowest BCUT2D eigenvalue weighted by atomic mass is 9.87. The second kappa shape index (κ2) is 16.2. The molecular weight excluding hydrogens is 905 g/mol. The van der Waals surface area contributed by atoms with Gasteiger partial charge >= 0.3 is 0 Å². The van der Waals surface area contributed by atoms with Gasteiger partial charge in [-0.1, -0.05) is 119 Å². The van der Waals surface area contributed by atoms with Crippen molar-refractivity contribution < 1.29 is 0 Å². The zero-order valence-corrected chi connectivity index (χ0v) is 45.2. The molecule has 0 spiro atoms. The van der Waals surface area contributed by atoms with Crippen molar-refractivity contribution in [3.63, 3.8) is 0 Å². The first-order valence-electron chi connectivity index (χ1n) is 25.6. The Morgan fingerprint density at radius 1 is 0.194 bits per heavy atom. The highest BCUT2D eigenvalue weighted by atomic mass is 32.1. The molecule has 0 saturated heterocycles. The van der Waals surface area contributed by atoms with Crippen molar-refractivity contribution in [3.05, 3.63) is 200 Å². The van der Waals surface area contributed by atoms with Gasteiger partial charge in [0.05, 0.1) is 0 Å². The average Bonchev–Trinajstić information content (AvgIpc) is 3.79. The molecule has 13 rings (SSSR count). The smallest absolute Gasteiger partial charge is 0.0369 e.